The summed E-state index contributed by atoms with van der Waals surface area (Å²) in [5.41, 5.74) is 4.93. The molecule has 1 unspecified atom stereocenters. The first-order valence-corrected chi connectivity index (χ1v) is 13.3. The average Bonchev–Trinajstić information content (AvgIpc) is 2.77. The molecular weight excluding hydrogens is 491 g/mol. The van der Waals surface area contributed by atoms with E-state index in [-0.39, 0.29) is 37.0 Å². The Morgan fingerprint density at radius 3 is 2.50 bits per heavy atom. The summed E-state index contributed by atoms with van der Waals surface area (Å²) in [6.07, 6.45) is -0.822. The largest absolute Gasteiger partial charge is 0.478 e. The smallest absolute Gasteiger partial charge is 0.469 e. The Morgan fingerprint density at radius 2 is 1.88 bits per heavy atom. The van der Waals surface area contributed by atoms with Crippen LogP contribution in [0.25, 0.3) is 0 Å². The summed E-state index contributed by atoms with van der Waals surface area (Å²) in [5.74, 6) is -1.27. The normalized spacial score (nSPS) is 22.6. The molecule has 196 valence electrons. The second-order valence-electron chi connectivity index (χ2n) is 8.62. The van der Waals surface area contributed by atoms with Crippen LogP contribution in [0.2, 0.25) is 0 Å². The number of amides is 1. The van der Waals surface area contributed by atoms with Crippen molar-refractivity contribution >= 4 is 42.5 Å². The van der Waals surface area contributed by atoms with E-state index in [9.17, 15) is 23.7 Å². The molecule has 1 aliphatic heterocycles. The summed E-state index contributed by atoms with van der Waals surface area (Å²) in [5, 5.41) is 2.38. The van der Waals surface area contributed by atoms with Gasteiger partial charge in [0.2, 0.25) is 17.8 Å². The zero-order valence-electron chi connectivity index (χ0n) is 20.2. The number of nitrogens with two attached hydrogens (primary N) is 1. The minimum Gasteiger partial charge on any atom is -0.469 e. The summed E-state index contributed by atoms with van der Waals surface area (Å²) in [6.45, 7) is 6.27. The number of nitrogens with one attached hydrogen (secondary N) is 1. The molecule has 12 nitrogen and oxygen atoms in total. The van der Waals surface area contributed by atoms with Gasteiger partial charge in [0.1, 0.15) is 0 Å². The number of ether oxygens (including phenoxy) is 2. The highest BCUT2D eigenvalue weighted by molar-refractivity contribution is 8.13. The number of phosphoric acid groups is 1. The molecule has 0 radical (unpaired) electrons. The van der Waals surface area contributed by atoms with Crippen LogP contribution in [0.4, 0.5) is 0 Å². The monoisotopic (exact) mass is 526 g/mol. The fourth-order valence-electron chi connectivity index (χ4n) is 2.56. The molecule has 1 aliphatic rings. The van der Waals surface area contributed by atoms with E-state index in [2.05, 4.69) is 10.1 Å². The zero-order chi connectivity index (χ0) is 25.9. The Bertz CT molecular complexity index is 776. The van der Waals surface area contributed by atoms with Crippen molar-refractivity contribution < 1.29 is 46.8 Å². The Balaban J connectivity index is 2.42. The van der Waals surface area contributed by atoms with Gasteiger partial charge in [-0.05, 0) is 12.3 Å². The number of carbonyl (C=O) groups is 4. The summed E-state index contributed by atoms with van der Waals surface area (Å²) >= 11 is 1.06. The summed E-state index contributed by atoms with van der Waals surface area (Å²) in [7, 11) is -2.94. The first-order valence-electron chi connectivity index (χ1n) is 10.8. The standard InChI is InChI=1S/C20H35N2O10PS/c1-13(2)16(21)19(26)34-10-6-7-15(24)29-12-31-33(27)30-11-20(3,4)17(32-33)18(25)22-9-8-14(23)28-5/h13,16-17H,6-12,21H2,1-5H3,(H,22,25)/t16-,17-,33?/m0/s1. The van der Waals surface area contributed by atoms with Gasteiger partial charge in [-0.25, -0.2) is 9.09 Å². The van der Waals surface area contributed by atoms with Crippen LogP contribution < -0.4 is 11.1 Å². The van der Waals surface area contributed by atoms with E-state index in [1.165, 1.54) is 7.11 Å². The van der Waals surface area contributed by atoms with Crippen molar-refractivity contribution in [2.45, 2.75) is 59.1 Å². The molecule has 1 heterocycles. The fraction of sp³-hybridized carbons (Fsp3) is 0.800. The van der Waals surface area contributed by atoms with Gasteiger partial charge in [0.25, 0.3) is 0 Å². The molecule has 1 amide bonds. The van der Waals surface area contributed by atoms with Crippen LogP contribution >= 0.6 is 19.6 Å². The molecule has 1 fully saturated rings. The van der Waals surface area contributed by atoms with Gasteiger partial charge in [0.15, 0.2) is 6.10 Å². The maximum atomic E-state index is 12.7. The van der Waals surface area contributed by atoms with Gasteiger partial charge in [0.05, 0.1) is 26.2 Å². The van der Waals surface area contributed by atoms with Gasteiger partial charge in [-0.15, -0.1) is 0 Å². The second-order valence-corrected chi connectivity index (χ2v) is 11.3. The lowest BCUT2D eigenvalue weighted by atomic mass is 9.87. The van der Waals surface area contributed by atoms with Crippen molar-refractivity contribution in [3.8, 4) is 0 Å². The number of phosphoric ester groups is 1. The molecule has 3 N–H and O–H groups in total. The van der Waals surface area contributed by atoms with Crippen LogP contribution in [0.1, 0.15) is 47.0 Å². The van der Waals surface area contributed by atoms with Crippen molar-refractivity contribution in [3.05, 3.63) is 0 Å². The lowest BCUT2D eigenvalue weighted by Crippen LogP contribution is -2.50. The zero-order valence-corrected chi connectivity index (χ0v) is 21.9. The third-order valence-corrected chi connectivity index (χ3v) is 7.21. The van der Waals surface area contributed by atoms with Crippen LogP contribution in [-0.2, 0) is 46.8 Å². The van der Waals surface area contributed by atoms with Crippen molar-refractivity contribution in [2.75, 3.05) is 32.8 Å². The minimum atomic E-state index is -4.17. The van der Waals surface area contributed by atoms with Crippen LogP contribution in [0.3, 0.4) is 0 Å². The highest BCUT2D eigenvalue weighted by atomic mass is 32.2. The van der Waals surface area contributed by atoms with Gasteiger partial charge < -0.3 is 20.5 Å². The molecule has 0 bridgehead atoms. The van der Waals surface area contributed by atoms with Crippen molar-refractivity contribution in [1.82, 2.24) is 5.32 Å². The number of carbonyl (C=O) groups excluding carboxylic acids is 4. The maximum Gasteiger partial charge on any atom is 0.478 e. The van der Waals surface area contributed by atoms with E-state index in [1.54, 1.807) is 13.8 Å². The van der Waals surface area contributed by atoms with Gasteiger partial charge in [0, 0.05) is 24.1 Å². The molecule has 0 saturated carbocycles. The summed E-state index contributed by atoms with van der Waals surface area (Å²) < 4.78 is 37.7. The third-order valence-electron chi connectivity index (χ3n) is 4.82. The van der Waals surface area contributed by atoms with E-state index in [1.807, 2.05) is 13.8 Å². The third kappa shape index (κ3) is 10.4. The summed E-state index contributed by atoms with van der Waals surface area (Å²) in [4.78, 5) is 47.4. The molecule has 0 aromatic heterocycles. The molecule has 3 atom stereocenters. The second kappa shape index (κ2) is 14.2. The van der Waals surface area contributed by atoms with Gasteiger partial charge in [-0.2, -0.15) is 0 Å². The molecule has 1 rings (SSSR count). The van der Waals surface area contributed by atoms with Gasteiger partial charge in [-0.1, -0.05) is 39.5 Å². The first kappa shape index (κ1) is 30.5. The van der Waals surface area contributed by atoms with Crippen molar-refractivity contribution in [3.63, 3.8) is 0 Å². The number of rotatable bonds is 13. The van der Waals surface area contributed by atoms with E-state index in [0.717, 1.165) is 11.8 Å². The molecule has 14 heteroatoms. The lowest BCUT2D eigenvalue weighted by Gasteiger charge is -2.39. The molecular formula is C20H35N2O10PS. The van der Waals surface area contributed by atoms with Crippen LogP contribution in [0, 0.1) is 11.3 Å². The van der Waals surface area contributed by atoms with E-state index in [0.29, 0.717) is 12.2 Å². The minimum absolute atomic E-state index is 0.0123. The van der Waals surface area contributed by atoms with Gasteiger partial charge >= 0.3 is 19.8 Å². The topological polar surface area (TPSA) is 170 Å². The number of esters is 2. The Kier molecular flexibility index (Phi) is 12.7. The maximum absolute atomic E-state index is 12.7. The molecule has 34 heavy (non-hydrogen) atoms. The number of thioether (sulfide) groups is 1. The molecule has 0 spiro atoms. The van der Waals surface area contributed by atoms with Crippen molar-refractivity contribution in [1.29, 1.82) is 0 Å². The Morgan fingerprint density at radius 1 is 1.21 bits per heavy atom. The Hall–Kier alpha value is -1.50. The highest BCUT2D eigenvalue weighted by Gasteiger charge is 2.49. The molecule has 0 aromatic rings. The SMILES string of the molecule is COC(=O)CCNC(=O)[C@@H]1OP(=O)(OCOC(=O)CCCSC(=O)[C@@H](N)C(C)C)OCC1(C)C. The number of methoxy groups -OCH3 is 1. The Labute approximate surface area is 203 Å². The van der Waals surface area contributed by atoms with Gasteiger partial charge in [-0.3, -0.25) is 28.2 Å². The predicted octanol–water partition coefficient (Wildman–Crippen LogP) is 1.76. The van der Waals surface area contributed by atoms with Crippen LogP contribution in [0.5, 0.6) is 0 Å². The summed E-state index contributed by atoms with van der Waals surface area (Å²) in [6, 6.07) is -0.554. The van der Waals surface area contributed by atoms with Crippen LogP contribution in [-0.4, -0.2) is 67.9 Å². The number of hydrogen-bond acceptors (Lipinski definition) is 12. The number of hydrogen-bond donors (Lipinski definition) is 2. The van der Waals surface area contributed by atoms with Crippen molar-refractivity contribution in [2.24, 2.45) is 17.1 Å². The predicted molar refractivity (Wildman–Crippen MR) is 123 cm³/mol. The fourth-order valence-corrected chi connectivity index (χ4v) is 5.03. The van der Waals surface area contributed by atoms with E-state index in [4.69, 9.17) is 24.0 Å². The lowest BCUT2D eigenvalue weighted by molar-refractivity contribution is -0.156. The quantitative estimate of drug-likeness (QED) is 0.154. The highest BCUT2D eigenvalue weighted by Crippen LogP contribution is 2.57. The average molecular weight is 527 g/mol. The molecule has 0 aromatic carbocycles. The van der Waals surface area contributed by atoms with E-state index < -0.39 is 50.0 Å². The van der Waals surface area contributed by atoms with E-state index >= 15 is 0 Å². The van der Waals surface area contributed by atoms with Crippen LogP contribution in [0.15, 0.2) is 0 Å². The molecule has 0 aliphatic carbocycles. The molecule has 1 saturated heterocycles. The first-order chi connectivity index (χ1) is 15.8.